The van der Waals surface area contributed by atoms with Crippen LogP contribution in [-0.4, -0.2) is 11.5 Å². The molecule has 1 aromatic rings. The minimum absolute atomic E-state index is 0.215. The van der Waals surface area contributed by atoms with Gasteiger partial charge in [-0.2, -0.15) is 0 Å². The lowest BCUT2D eigenvalue weighted by atomic mass is 9.76. The fraction of sp³-hybridized carbons (Fsp3) is 0.700. The second-order valence-electron chi connectivity index (χ2n) is 4.16. The van der Waals surface area contributed by atoms with E-state index in [9.17, 15) is 0 Å². The zero-order chi connectivity index (χ0) is 9.90. The summed E-state index contributed by atoms with van der Waals surface area (Å²) in [5, 5.41) is 0. The van der Waals surface area contributed by atoms with Crippen molar-refractivity contribution < 1.29 is 0 Å². The molecule has 0 saturated carbocycles. The van der Waals surface area contributed by atoms with E-state index < -0.39 is 0 Å². The van der Waals surface area contributed by atoms with Gasteiger partial charge in [-0.05, 0) is 24.3 Å². The van der Waals surface area contributed by atoms with E-state index in [1.54, 1.807) is 11.3 Å². The molecular weight excluding hydrogens is 180 g/mol. The molecule has 74 valence electrons. The van der Waals surface area contributed by atoms with Crippen molar-refractivity contribution in [3.05, 3.63) is 16.6 Å². The van der Waals surface area contributed by atoms with E-state index >= 15 is 0 Å². The Bertz CT molecular complexity index is 243. The molecule has 2 N–H and O–H groups in total. The molecule has 1 heterocycles. The molecule has 2 nitrogen and oxygen atoms in total. The third-order valence-corrected chi connectivity index (χ3v) is 3.70. The Hall–Kier alpha value is -0.410. The zero-order valence-corrected chi connectivity index (χ0v) is 9.40. The summed E-state index contributed by atoms with van der Waals surface area (Å²) in [6.45, 7) is 7.45. The van der Waals surface area contributed by atoms with E-state index in [0.29, 0.717) is 5.92 Å². The van der Waals surface area contributed by atoms with E-state index in [2.05, 4.69) is 25.8 Å². The summed E-state index contributed by atoms with van der Waals surface area (Å²) in [5.74, 6) is 0.611. The number of hydrogen-bond acceptors (Lipinski definition) is 3. The normalized spacial score (nSPS) is 16.1. The fourth-order valence-corrected chi connectivity index (χ4v) is 2.03. The standard InChI is InChI=1S/C10H18N2S/c1-8(2)10(3,6-11)4-9-5-12-7-13-9/h5,7-8H,4,6,11H2,1-3H3. The Morgan fingerprint density at radius 3 is 2.69 bits per heavy atom. The number of hydrogen-bond donors (Lipinski definition) is 1. The molecule has 0 aliphatic rings. The SMILES string of the molecule is CC(C)C(C)(CN)Cc1cncs1. The van der Waals surface area contributed by atoms with Crippen LogP contribution in [0, 0.1) is 11.3 Å². The Balaban J connectivity index is 2.69. The van der Waals surface area contributed by atoms with Crippen molar-refractivity contribution in [2.24, 2.45) is 17.1 Å². The number of nitrogens with zero attached hydrogens (tertiary/aromatic N) is 1. The Morgan fingerprint density at radius 1 is 1.62 bits per heavy atom. The first kappa shape index (κ1) is 10.7. The first-order chi connectivity index (χ1) is 6.08. The minimum Gasteiger partial charge on any atom is -0.330 e. The topological polar surface area (TPSA) is 38.9 Å². The van der Waals surface area contributed by atoms with E-state index in [-0.39, 0.29) is 5.41 Å². The summed E-state index contributed by atoms with van der Waals surface area (Å²) in [7, 11) is 0. The maximum atomic E-state index is 5.81. The predicted molar refractivity (Wildman–Crippen MR) is 57.8 cm³/mol. The monoisotopic (exact) mass is 198 g/mol. The maximum absolute atomic E-state index is 5.81. The van der Waals surface area contributed by atoms with Gasteiger partial charge in [0.15, 0.2) is 0 Å². The van der Waals surface area contributed by atoms with Gasteiger partial charge in [-0.25, -0.2) is 0 Å². The van der Waals surface area contributed by atoms with Crippen molar-refractivity contribution in [3.63, 3.8) is 0 Å². The predicted octanol–water partition coefficient (Wildman–Crippen LogP) is 2.31. The number of rotatable bonds is 4. The van der Waals surface area contributed by atoms with Crippen molar-refractivity contribution in [2.45, 2.75) is 27.2 Å². The van der Waals surface area contributed by atoms with Gasteiger partial charge in [0, 0.05) is 11.1 Å². The van der Waals surface area contributed by atoms with Crippen LogP contribution < -0.4 is 5.73 Å². The Labute approximate surface area is 84.2 Å². The summed E-state index contributed by atoms with van der Waals surface area (Å²) in [6.07, 6.45) is 2.99. The average Bonchev–Trinajstić information content (AvgIpc) is 2.56. The van der Waals surface area contributed by atoms with Crippen LogP contribution in [0.5, 0.6) is 0 Å². The van der Waals surface area contributed by atoms with Gasteiger partial charge in [-0.15, -0.1) is 11.3 Å². The van der Waals surface area contributed by atoms with Crippen LogP contribution in [0.4, 0.5) is 0 Å². The molecule has 0 radical (unpaired) electrons. The first-order valence-electron chi connectivity index (χ1n) is 4.66. The molecule has 1 aromatic heterocycles. The Kier molecular flexibility index (Phi) is 3.45. The van der Waals surface area contributed by atoms with Crippen LogP contribution in [0.1, 0.15) is 25.6 Å². The van der Waals surface area contributed by atoms with Gasteiger partial charge in [0.05, 0.1) is 5.51 Å². The minimum atomic E-state index is 0.215. The first-order valence-corrected chi connectivity index (χ1v) is 5.54. The van der Waals surface area contributed by atoms with Gasteiger partial charge >= 0.3 is 0 Å². The highest BCUT2D eigenvalue weighted by atomic mass is 32.1. The van der Waals surface area contributed by atoms with Gasteiger partial charge < -0.3 is 5.73 Å². The summed E-state index contributed by atoms with van der Waals surface area (Å²) in [5.41, 5.74) is 7.91. The molecular formula is C10H18N2S. The number of aromatic nitrogens is 1. The summed E-state index contributed by atoms with van der Waals surface area (Å²) >= 11 is 1.72. The van der Waals surface area contributed by atoms with Crippen LogP contribution >= 0.6 is 11.3 Å². The van der Waals surface area contributed by atoms with Crippen molar-refractivity contribution in [2.75, 3.05) is 6.54 Å². The highest BCUT2D eigenvalue weighted by Gasteiger charge is 2.27. The molecule has 0 aliphatic carbocycles. The second kappa shape index (κ2) is 4.20. The van der Waals surface area contributed by atoms with Gasteiger partial charge in [0.1, 0.15) is 0 Å². The average molecular weight is 198 g/mol. The van der Waals surface area contributed by atoms with Crippen molar-refractivity contribution in [1.29, 1.82) is 0 Å². The van der Waals surface area contributed by atoms with E-state index in [1.165, 1.54) is 4.88 Å². The molecule has 1 rings (SSSR count). The van der Waals surface area contributed by atoms with Gasteiger partial charge in [-0.1, -0.05) is 20.8 Å². The lowest BCUT2D eigenvalue weighted by Crippen LogP contribution is -2.34. The third kappa shape index (κ3) is 2.51. The lowest BCUT2D eigenvalue weighted by molar-refractivity contribution is 0.229. The molecule has 13 heavy (non-hydrogen) atoms. The maximum Gasteiger partial charge on any atom is 0.0794 e. The molecule has 1 atom stereocenters. The zero-order valence-electron chi connectivity index (χ0n) is 8.58. The second-order valence-corrected chi connectivity index (χ2v) is 5.13. The molecule has 0 spiro atoms. The summed E-state index contributed by atoms with van der Waals surface area (Å²) in [4.78, 5) is 5.41. The van der Waals surface area contributed by atoms with E-state index in [0.717, 1.165) is 13.0 Å². The van der Waals surface area contributed by atoms with Crippen molar-refractivity contribution in [1.82, 2.24) is 4.98 Å². The quantitative estimate of drug-likeness (QED) is 0.806. The van der Waals surface area contributed by atoms with Crippen molar-refractivity contribution in [3.8, 4) is 0 Å². The highest BCUT2D eigenvalue weighted by Crippen LogP contribution is 2.30. The van der Waals surface area contributed by atoms with Crippen LogP contribution in [0.2, 0.25) is 0 Å². The van der Waals surface area contributed by atoms with Gasteiger partial charge in [-0.3, -0.25) is 4.98 Å². The summed E-state index contributed by atoms with van der Waals surface area (Å²) < 4.78 is 0. The van der Waals surface area contributed by atoms with Gasteiger partial charge in [0.25, 0.3) is 0 Å². The van der Waals surface area contributed by atoms with E-state index in [1.807, 2.05) is 11.7 Å². The van der Waals surface area contributed by atoms with E-state index in [4.69, 9.17) is 5.73 Å². The largest absolute Gasteiger partial charge is 0.330 e. The molecule has 0 bridgehead atoms. The fourth-order valence-electron chi connectivity index (χ4n) is 1.24. The van der Waals surface area contributed by atoms with Crippen molar-refractivity contribution >= 4 is 11.3 Å². The van der Waals surface area contributed by atoms with Gasteiger partial charge in [0.2, 0.25) is 0 Å². The highest BCUT2D eigenvalue weighted by molar-refractivity contribution is 7.09. The molecule has 0 aliphatic heterocycles. The molecule has 1 unspecified atom stereocenters. The molecule has 3 heteroatoms. The molecule has 0 saturated heterocycles. The molecule has 0 fully saturated rings. The number of thiazole rings is 1. The van der Waals surface area contributed by atoms with Crippen LogP contribution in [0.25, 0.3) is 0 Å². The third-order valence-electron chi connectivity index (χ3n) is 2.92. The summed E-state index contributed by atoms with van der Waals surface area (Å²) in [6, 6.07) is 0. The Morgan fingerprint density at radius 2 is 2.31 bits per heavy atom. The smallest absolute Gasteiger partial charge is 0.0794 e. The molecule has 0 amide bonds. The number of nitrogens with two attached hydrogens (primary N) is 1. The molecule has 0 aromatic carbocycles. The van der Waals surface area contributed by atoms with Crippen LogP contribution in [-0.2, 0) is 6.42 Å². The van der Waals surface area contributed by atoms with Crippen LogP contribution in [0.15, 0.2) is 11.7 Å². The van der Waals surface area contributed by atoms with Crippen LogP contribution in [0.3, 0.4) is 0 Å². The lowest BCUT2D eigenvalue weighted by Gasteiger charge is -2.31.